The first-order chi connectivity index (χ1) is 12.0. The maximum Gasteiger partial charge on any atom is 0.438 e. The van der Waals surface area contributed by atoms with E-state index < -0.39 is 43.9 Å². The van der Waals surface area contributed by atoms with Crippen LogP contribution in [0.4, 0.5) is 13.2 Å². The molecule has 2 N–H and O–H groups in total. The SMILES string of the molecule is COC(=O)c1cc(C(F)(F)F)cc(S(=O)(=O)NCCc2noc(=O)[nH]2)c1. The first kappa shape index (κ1) is 19.7. The molecule has 0 radical (unpaired) electrons. The van der Waals surface area contributed by atoms with Gasteiger partial charge in [-0.2, -0.15) is 13.2 Å². The third-order valence-corrected chi connectivity index (χ3v) is 4.54. The quantitative estimate of drug-likeness (QED) is 0.688. The standard InChI is InChI=1S/C13H12F3N3O6S/c1-24-11(20)7-4-8(13(14,15)16)6-9(5-7)26(22,23)17-3-2-10-18-12(21)25-19-10/h4-6,17H,2-3H2,1H3,(H,18,19,21). The van der Waals surface area contributed by atoms with Gasteiger partial charge in [0.2, 0.25) is 10.0 Å². The van der Waals surface area contributed by atoms with Crippen LogP contribution in [0.3, 0.4) is 0 Å². The van der Waals surface area contributed by atoms with E-state index in [0.29, 0.717) is 12.1 Å². The van der Waals surface area contributed by atoms with Gasteiger partial charge in [-0.05, 0) is 18.2 Å². The molecule has 1 aromatic heterocycles. The van der Waals surface area contributed by atoms with Gasteiger partial charge in [-0.15, -0.1) is 0 Å². The highest BCUT2D eigenvalue weighted by molar-refractivity contribution is 7.89. The van der Waals surface area contributed by atoms with Crippen molar-refractivity contribution in [1.29, 1.82) is 0 Å². The van der Waals surface area contributed by atoms with Crippen LogP contribution < -0.4 is 10.5 Å². The Morgan fingerprint density at radius 1 is 1.35 bits per heavy atom. The molecule has 0 fully saturated rings. The van der Waals surface area contributed by atoms with Crippen LogP contribution >= 0.6 is 0 Å². The molecule has 0 aliphatic carbocycles. The highest BCUT2D eigenvalue weighted by Gasteiger charge is 2.33. The average Bonchev–Trinajstić information content (AvgIpc) is 2.98. The number of ether oxygens (including phenoxy) is 1. The molecule has 26 heavy (non-hydrogen) atoms. The number of halogens is 3. The van der Waals surface area contributed by atoms with E-state index >= 15 is 0 Å². The molecule has 0 unspecified atom stereocenters. The van der Waals surface area contributed by atoms with Crippen molar-refractivity contribution >= 4 is 16.0 Å². The summed E-state index contributed by atoms with van der Waals surface area (Å²) in [4.78, 5) is 23.7. The van der Waals surface area contributed by atoms with Crippen molar-refractivity contribution in [1.82, 2.24) is 14.9 Å². The third-order valence-electron chi connectivity index (χ3n) is 3.10. The van der Waals surface area contributed by atoms with E-state index in [2.05, 4.69) is 19.4 Å². The number of nitrogens with zero attached hydrogens (tertiary/aromatic N) is 1. The summed E-state index contributed by atoms with van der Waals surface area (Å²) in [6.07, 6.45) is -4.94. The molecule has 1 heterocycles. The monoisotopic (exact) mass is 395 g/mol. The molecule has 0 spiro atoms. The van der Waals surface area contributed by atoms with Gasteiger partial charge in [-0.25, -0.2) is 22.7 Å². The van der Waals surface area contributed by atoms with E-state index in [0.717, 1.165) is 13.2 Å². The molecular weight excluding hydrogens is 383 g/mol. The van der Waals surface area contributed by atoms with Crippen molar-refractivity contribution in [3.63, 3.8) is 0 Å². The largest absolute Gasteiger partial charge is 0.465 e. The molecule has 2 rings (SSSR count). The Morgan fingerprint density at radius 2 is 2.04 bits per heavy atom. The Bertz CT molecular complexity index is 964. The van der Waals surface area contributed by atoms with Crippen molar-refractivity contribution in [2.24, 2.45) is 0 Å². The molecule has 1 aromatic carbocycles. The molecule has 0 bridgehead atoms. The molecule has 13 heteroatoms. The molecule has 0 aliphatic rings. The Labute approximate surface area is 144 Å². The third kappa shape index (κ3) is 4.70. The van der Waals surface area contributed by atoms with Gasteiger partial charge >= 0.3 is 17.9 Å². The molecule has 142 valence electrons. The molecule has 9 nitrogen and oxygen atoms in total. The van der Waals surface area contributed by atoms with Crippen LogP contribution in [0.1, 0.15) is 21.7 Å². The number of aromatic amines is 1. The predicted octanol–water partition coefficient (Wildman–Crippen LogP) is 0.689. The summed E-state index contributed by atoms with van der Waals surface area (Å²) in [5.41, 5.74) is -1.88. The van der Waals surface area contributed by atoms with Gasteiger partial charge in [0.1, 0.15) is 0 Å². The Kier molecular flexibility index (Phi) is 5.51. The topological polar surface area (TPSA) is 131 Å². The number of H-pyrrole nitrogens is 1. The number of carbonyl (C=O) groups excluding carboxylic acids is 1. The lowest BCUT2D eigenvalue weighted by molar-refractivity contribution is -0.137. The fourth-order valence-electron chi connectivity index (χ4n) is 1.91. The second kappa shape index (κ2) is 7.29. The summed E-state index contributed by atoms with van der Waals surface area (Å²) in [7, 11) is -3.43. The summed E-state index contributed by atoms with van der Waals surface area (Å²) in [5, 5.41) is 3.32. The van der Waals surface area contributed by atoms with Gasteiger partial charge in [-0.1, -0.05) is 5.16 Å². The minimum atomic E-state index is -4.87. The van der Waals surface area contributed by atoms with Crippen LogP contribution in [0.2, 0.25) is 0 Å². The van der Waals surface area contributed by atoms with Crippen molar-refractivity contribution in [3.8, 4) is 0 Å². The first-order valence-corrected chi connectivity index (χ1v) is 8.36. The van der Waals surface area contributed by atoms with Crippen LogP contribution in [0.5, 0.6) is 0 Å². The first-order valence-electron chi connectivity index (χ1n) is 6.88. The predicted molar refractivity (Wildman–Crippen MR) is 78.8 cm³/mol. The number of aromatic nitrogens is 2. The van der Waals surface area contributed by atoms with Crippen molar-refractivity contribution in [2.75, 3.05) is 13.7 Å². The molecule has 0 aliphatic heterocycles. The maximum atomic E-state index is 13.0. The highest BCUT2D eigenvalue weighted by atomic mass is 32.2. The van der Waals surface area contributed by atoms with Gasteiger partial charge in [0.25, 0.3) is 0 Å². The normalized spacial score (nSPS) is 12.2. The molecular formula is C13H12F3N3O6S. The van der Waals surface area contributed by atoms with E-state index in [-0.39, 0.29) is 18.8 Å². The zero-order valence-electron chi connectivity index (χ0n) is 13.1. The van der Waals surface area contributed by atoms with Gasteiger partial charge in [0, 0.05) is 13.0 Å². The zero-order valence-corrected chi connectivity index (χ0v) is 13.9. The Balaban J connectivity index is 2.28. The fraction of sp³-hybridized carbons (Fsp3) is 0.308. The number of hydrogen-bond acceptors (Lipinski definition) is 7. The van der Waals surface area contributed by atoms with Crippen LogP contribution in [0.15, 0.2) is 32.4 Å². The van der Waals surface area contributed by atoms with Gasteiger partial charge < -0.3 is 4.74 Å². The summed E-state index contributed by atoms with van der Waals surface area (Å²) in [6, 6.07) is 1.65. The van der Waals surface area contributed by atoms with E-state index in [4.69, 9.17) is 0 Å². The number of benzene rings is 1. The lowest BCUT2D eigenvalue weighted by Crippen LogP contribution is -2.27. The van der Waals surface area contributed by atoms with Crippen molar-refractivity contribution in [2.45, 2.75) is 17.5 Å². The number of alkyl halides is 3. The Morgan fingerprint density at radius 3 is 2.58 bits per heavy atom. The van der Waals surface area contributed by atoms with E-state index in [1.165, 1.54) is 0 Å². The number of hydrogen-bond donors (Lipinski definition) is 2. The molecule has 0 amide bonds. The average molecular weight is 395 g/mol. The molecule has 0 atom stereocenters. The lowest BCUT2D eigenvalue weighted by atomic mass is 10.1. The van der Waals surface area contributed by atoms with Gasteiger partial charge in [-0.3, -0.25) is 9.51 Å². The number of nitrogens with one attached hydrogen (secondary N) is 2. The number of rotatable bonds is 6. The highest BCUT2D eigenvalue weighted by Crippen LogP contribution is 2.32. The second-order valence-electron chi connectivity index (χ2n) is 4.92. The summed E-state index contributed by atoms with van der Waals surface area (Å²) in [5.74, 6) is -1.90. The van der Waals surface area contributed by atoms with E-state index in [1.54, 1.807) is 0 Å². The number of sulfonamides is 1. The van der Waals surface area contributed by atoms with Crippen LogP contribution in [0, 0.1) is 0 Å². The van der Waals surface area contributed by atoms with Crippen LogP contribution in [-0.4, -0.2) is 38.2 Å². The number of esters is 1. The van der Waals surface area contributed by atoms with Crippen LogP contribution in [0.25, 0.3) is 0 Å². The maximum absolute atomic E-state index is 13.0. The van der Waals surface area contributed by atoms with E-state index in [9.17, 15) is 31.2 Å². The van der Waals surface area contributed by atoms with Crippen molar-refractivity contribution in [3.05, 3.63) is 45.7 Å². The molecule has 0 saturated heterocycles. The fourth-order valence-corrected chi connectivity index (χ4v) is 3.01. The summed E-state index contributed by atoms with van der Waals surface area (Å²) in [6.45, 7) is -0.283. The van der Waals surface area contributed by atoms with Crippen molar-refractivity contribution < 1.29 is 35.6 Å². The minimum absolute atomic E-state index is 0.0528. The summed E-state index contributed by atoms with van der Waals surface area (Å²) < 4.78 is 73.9. The van der Waals surface area contributed by atoms with Gasteiger partial charge in [0.15, 0.2) is 5.82 Å². The minimum Gasteiger partial charge on any atom is -0.465 e. The molecule has 0 saturated carbocycles. The van der Waals surface area contributed by atoms with E-state index in [1.807, 2.05) is 4.72 Å². The zero-order chi connectivity index (χ0) is 19.5. The lowest BCUT2D eigenvalue weighted by Gasteiger charge is -2.12. The number of carbonyl (C=O) groups is 1. The second-order valence-corrected chi connectivity index (χ2v) is 6.69. The summed E-state index contributed by atoms with van der Waals surface area (Å²) >= 11 is 0. The molecule has 2 aromatic rings. The van der Waals surface area contributed by atoms with Crippen LogP contribution in [-0.2, 0) is 27.4 Å². The number of methoxy groups -OCH3 is 1. The smallest absolute Gasteiger partial charge is 0.438 e. The Hall–Kier alpha value is -2.67. The van der Waals surface area contributed by atoms with Gasteiger partial charge in [0.05, 0.1) is 23.1 Å².